The van der Waals surface area contributed by atoms with Gasteiger partial charge in [0.1, 0.15) is 0 Å². The lowest BCUT2D eigenvalue weighted by molar-refractivity contribution is 0.409. The molecule has 0 radical (unpaired) electrons. The molecule has 0 fully saturated rings. The Bertz CT molecular complexity index is 462. The third-order valence-electron chi connectivity index (χ3n) is 3.24. The number of H-pyrrole nitrogens is 1. The topological polar surface area (TPSA) is 15.8 Å². The van der Waals surface area contributed by atoms with Crippen molar-refractivity contribution in [3.63, 3.8) is 0 Å². The van der Waals surface area contributed by atoms with Crippen LogP contribution in [0.15, 0.2) is 24.4 Å². The summed E-state index contributed by atoms with van der Waals surface area (Å²) >= 11 is 0. The Morgan fingerprint density at radius 1 is 1.25 bits per heavy atom. The third kappa shape index (κ3) is 2.46. The van der Waals surface area contributed by atoms with Crippen LogP contribution >= 0.6 is 0 Å². The van der Waals surface area contributed by atoms with E-state index >= 15 is 0 Å². The van der Waals surface area contributed by atoms with Gasteiger partial charge < -0.3 is 4.98 Å². The quantitative estimate of drug-likeness (QED) is 0.744. The molecule has 2 rings (SSSR count). The molecule has 1 nitrogen and oxygen atoms in total. The lowest BCUT2D eigenvalue weighted by Gasteiger charge is -2.26. The molecule has 1 aromatic heterocycles. The van der Waals surface area contributed by atoms with E-state index in [1.165, 1.54) is 10.6 Å². The summed E-state index contributed by atoms with van der Waals surface area (Å²) in [5.74, 6) is 0.619. The average Bonchev–Trinajstić information content (AvgIpc) is 2.62. The van der Waals surface area contributed by atoms with Gasteiger partial charge in [0.25, 0.3) is 0 Å². The number of allylic oxidation sites excluding steroid dienone is 2. The molecule has 0 saturated heterocycles. The molecule has 1 heteroatoms. The van der Waals surface area contributed by atoms with Gasteiger partial charge in [-0.15, -0.1) is 0 Å². The number of hydrogen-bond acceptors (Lipinski definition) is 0. The highest BCUT2D eigenvalue weighted by atomic mass is 14.6. The highest BCUT2D eigenvalue weighted by Gasteiger charge is 2.22. The van der Waals surface area contributed by atoms with Crippen molar-refractivity contribution in [2.45, 2.75) is 34.6 Å². The van der Waals surface area contributed by atoms with E-state index in [-0.39, 0.29) is 5.41 Å². The molecule has 1 heterocycles. The number of aromatic nitrogens is 1. The second-order valence-electron chi connectivity index (χ2n) is 4.54. The normalized spacial score (nSPS) is 22.4. The number of nitrogens with one attached hydrogen (secondary N) is 1. The molecular weight excluding hydrogens is 194 g/mol. The Morgan fingerprint density at radius 2 is 1.94 bits per heavy atom. The molecule has 1 atom stereocenters. The molecule has 0 saturated carbocycles. The maximum Gasteiger partial charge on any atom is 0.0450 e. The molecule has 0 amide bonds. The van der Waals surface area contributed by atoms with Gasteiger partial charge in [0.2, 0.25) is 0 Å². The summed E-state index contributed by atoms with van der Waals surface area (Å²) < 4.78 is 0. The summed E-state index contributed by atoms with van der Waals surface area (Å²) in [4.78, 5) is 3.24. The van der Waals surface area contributed by atoms with Crippen molar-refractivity contribution in [1.82, 2.24) is 4.98 Å². The van der Waals surface area contributed by atoms with Crippen molar-refractivity contribution in [2.24, 2.45) is 11.3 Å². The van der Waals surface area contributed by atoms with Gasteiger partial charge in [-0.2, -0.15) is 0 Å². The Kier molecular flexibility index (Phi) is 4.17. The SMILES string of the molecule is CC.CC(C)C1(C)C=CC=c2[nH]ccc2=C1. The highest BCUT2D eigenvalue weighted by molar-refractivity contribution is 5.47. The molecule has 88 valence electrons. The van der Waals surface area contributed by atoms with Gasteiger partial charge in [0.05, 0.1) is 0 Å². The molecule has 1 aromatic rings. The molecule has 1 unspecified atom stereocenters. The first kappa shape index (κ1) is 12.8. The van der Waals surface area contributed by atoms with Crippen LogP contribution in [0.3, 0.4) is 0 Å². The van der Waals surface area contributed by atoms with Gasteiger partial charge >= 0.3 is 0 Å². The number of hydrogen-bond donors (Lipinski definition) is 1. The van der Waals surface area contributed by atoms with E-state index in [9.17, 15) is 0 Å². The zero-order valence-electron chi connectivity index (χ0n) is 11.0. The van der Waals surface area contributed by atoms with E-state index in [1.54, 1.807) is 0 Å². The second-order valence-corrected chi connectivity index (χ2v) is 4.54. The van der Waals surface area contributed by atoms with E-state index < -0.39 is 0 Å². The smallest absolute Gasteiger partial charge is 0.0450 e. The van der Waals surface area contributed by atoms with Gasteiger partial charge in [-0.3, -0.25) is 0 Å². The van der Waals surface area contributed by atoms with Crippen molar-refractivity contribution < 1.29 is 0 Å². The Hall–Kier alpha value is -1.24. The van der Waals surface area contributed by atoms with Gasteiger partial charge in [0, 0.05) is 17.0 Å². The van der Waals surface area contributed by atoms with Gasteiger partial charge in [-0.25, -0.2) is 0 Å². The lowest BCUT2D eigenvalue weighted by Crippen LogP contribution is -2.26. The largest absolute Gasteiger partial charge is 0.361 e. The summed E-state index contributed by atoms with van der Waals surface area (Å²) in [7, 11) is 0. The predicted octanol–water partition coefficient (Wildman–Crippen LogP) is 2.83. The second kappa shape index (κ2) is 5.20. The fourth-order valence-electron chi connectivity index (χ4n) is 1.76. The molecule has 0 aromatic carbocycles. The number of aromatic amines is 1. The van der Waals surface area contributed by atoms with Crippen molar-refractivity contribution in [1.29, 1.82) is 0 Å². The van der Waals surface area contributed by atoms with Crippen LogP contribution in [0.5, 0.6) is 0 Å². The van der Waals surface area contributed by atoms with Crippen LogP contribution in [0.2, 0.25) is 0 Å². The summed E-state index contributed by atoms with van der Waals surface area (Å²) in [5, 5.41) is 2.52. The standard InChI is InChI=1S/C13H17N.C2H6/c1-10(2)13(3)7-4-5-12-11(9-13)6-8-14-12;1-2/h4-10,14H,1-3H3;1-2H3. The summed E-state index contributed by atoms with van der Waals surface area (Å²) in [6.07, 6.45) is 10.9. The first-order valence-electron chi connectivity index (χ1n) is 6.18. The number of fused-ring (bicyclic) bond motifs is 1. The zero-order chi connectivity index (χ0) is 12.2. The van der Waals surface area contributed by atoms with Crippen LogP contribution in [-0.2, 0) is 0 Å². The molecule has 0 bridgehead atoms. The Balaban J connectivity index is 0.000000606. The lowest BCUT2D eigenvalue weighted by atomic mass is 9.78. The Labute approximate surface area is 98.6 Å². The van der Waals surface area contributed by atoms with Crippen molar-refractivity contribution in [2.75, 3.05) is 0 Å². The van der Waals surface area contributed by atoms with Crippen molar-refractivity contribution >= 4 is 12.2 Å². The van der Waals surface area contributed by atoms with E-state index in [1.807, 2.05) is 20.0 Å². The average molecular weight is 217 g/mol. The van der Waals surface area contributed by atoms with E-state index in [0.29, 0.717) is 5.92 Å². The van der Waals surface area contributed by atoms with Gasteiger partial charge in [0.15, 0.2) is 0 Å². The minimum atomic E-state index is 0.171. The van der Waals surface area contributed by atoms with Crippen LogP contribution in [0, 0.1) is 11.3 Å². The molecular formula is C15H23N. The maximum atomic E-state index is 3.24. The van der Waals surface area contributed by atoms with Crippen LogP contribution < -0.4 is 10.6 Å². The summed E-state index contributed by atoms with van der Waals surface area (Å²) in [6, 6.07) is 2.14. The van der Waals surface area contributed by atoms with E-state index in [0.717, 1.165) is 0 Å². The summed E-state index contributed by atoms with van der Waals surface area (Å²) in [6.45, 7) is 10.8. The molecule has 0 spiro atoms. The monoisotopic (exact) mass is 217 g/mol. The van der Waals surface area contributed by atoms with Gasteiger partial charge in [-0.1, -0.05) is 52.8 Å². The highest BCUT2D eigenvalue weighted by Crippen LogP contribution is 2.30. The van der Waals surface area contributed by atoms with Gasteiger partial charge in [-0.05, 0) is 23.3 Å². The fraction of sp³-hybridized carbons (Fsp3) is 0.467. The maximum absolute atomic E-state index is 3.24. The first-order chi connectivity index (χ1) is 7.62. The van der Waals surface area contributed by atoms with E-state index in [2.05, 4.69) is 56.1 Å². The van der Waals surface area contributed by atoms with Crippen LogP contribution in [0.1, 0.15) is 34.6 Å². The molecule has 0 aliphatic heterocycles. The number of rotatable bonds is 1. The van der Waals surface area contributed by atoms with Crippen LogP contribution in [0.4, 0.5) is 0 Å². The first-order valence-corrected chi connectivity index (χ1v) is 6.18. The van der Waals surface area contributed by atoms with Crippen LogP contribution in [-0.4, -0.2) is 4.98 Å². The predicted molar refractivity (Wildman–Crippen MR) is 72.4 cm³/mol. The third-order valence-corrected chi connectivity index (χ3v) is 3.24. The molecule has 16 heavy (non-hydrogen) atoms. The minimum Gasteiger partial charge on any atom is -0.361 e. The van der Waals surface area contributed by atoms with Crippen molar-refractivity contribution in [3.05, 3.63) is 35.0 Å². The van der Waals surface area contributed by atoms with E-state index in [4.69, 9.17) is 0 Å². The summed E-state index contributed by atoms with van der Waals surface area (Å²) in [5.41, 5.74) is 0.171. The van der Waals surface area contributed by atoms with Crippen molar-refractivity contribution in [3.8, 4) is 0 Å². The van der Waals surface area contributed by atoms with Crippen LogP contribution in [0.25, 0.3) is 12.2 Å². The zero-order valence-corrected chi connectivity index (χ0v) is 11.0. The molecule has 1 aliphatic rings. The Morgan fingerprint density at radius 3 is 2.56 bits per heavy atom. The fourth-order valence-corrected chi connectivity index (χ4v) is 1.76. The molecule has 1 N–H and O–H groups in total. The molecule has 1 aliphatic carbocycles. The minimum absolute atomic E-state index is 0.171.